The van der Waals surface area contributed by atoms with Gasteiger partial charge in [-0.15, -0.1) is 11.3 Å². The number of aryl methyl sites for hydroxylation is 1. The van der Waals surface area contributed by atoms with E-state index in [0.717, 1.165) is 40.2 Å². The van der Waals surface area contributed by atoms with Gasteiger partial charge >= 0.3 is 0 Å². The third-order valence-electron chi connectivity index (χ3n) is 4.82. The molecule has 0 spiro atoms. The van der Waals surface area contributed by atoms with Gasteiger partial charge in [-0.2, -0.15) is 0 Å². The molecule has 0 N–H and O–H groups in total. The fourth-order valence-corrected chi connectivity index (χ4v) is 4.63. The van der Waals surface area contributed by atoms with Crippen molar-refractivity contribution in [2.24, 2.45) is 0 Å². The Labute approximate surface area is 145 Å². The SMILES string of the molecule is Cc1cccc(N2C(=O)CC(c3cccs3)C3=C2CCCC3=O)c1. The molecular weight excluding hydrogens is 318 g/mol. The minimum absolute atomic E-state index is 0.0682. The fourth-order valence-electron chi connectivity index (χ4n) is 3.79. The van der Waals surface area contributed by atoms with Crippen molar-refractivity contribution in [3.63, 3.8) is 0 Å². The average Bonchev–Trinajstić information content (AvgIpc) is 3.08. The zero-order valence-corrected chi connectivity index (χ0v) is 14.4. The first-order valence-electron chi connectivity index (χ1n) is 8.34. The van der Waals surface area contributed by atoms with Crippen molar-refractivity contribution in [2.45, 2.75) is 38.5 Å². The summed E-state index contributed by atoms with van der Waals surface area (Å²) in [5, 5.41) is 2.01. The number of allylic oxidation sites excluding steroid dienone is 2. The monoisotopic (exact) mass is 337 g/mol. The van der Waals surface area contributed by atoms with Crippen LogP contribution < -0.4 is 4.90 Å². The first kappa shape index (κ1) is 15.3. The van der Waals surface area contributed by atoms with Gasteiger partial charge in [-0.25, -0.2) is 0 Å². The van der Waals surface area contributed by atoms with Crippen molar-refractivity contribution in [2.75, 3.05) is 4.90 Å². The topological polar surface area (TPSA) is 37.4 Å². The number of nitrogens with zero attached hydrogens (tertiary/aromatic N) is 1. The lowest BCUT2D eigenvalue weighted by atomic mass is 9.79. The van der Waals surface area contributed by atoms with E-state index in [9.17, 15) is 9.59 Å². The highest BCUT2D eigenvalue weighted by Gasteiger charge is 2.39. The van der Waals surface area contributed by atoms with Crippen LogP contribution in [0.2, 0.25) is 0 Å². The Hall–Kier alpha value is -2.20. The lowest BCUT2D eigenvalue weighted by Crippen LogP contribution is -2.40. The molecule has 3 nitrogen and oxygen atoms in total. The Kier molecular flexibility index (Phi) is 3.85. The molecule has 1 amide bonds. The number of carbonyl (C=O) groups is 2. The van der Waals surface area contributed by atoms with Gasteiger partial charge in [0.25, 0.3) is 0 Å². The number of rotatable bonds is 2. The summed E-state index contributed by atoms with van der Waals surface area (Å²) in [5.74, 6) is 0.230. The molecule has 1 aliphatic carbocycles. The first-order valence-corrected chi connectivity index (χ1v) is 9.22. The summed E-state index contributed by atoms with van der Waals surface area (Å²) in [6, 6.07) is 12.0. The lowest BCUT2D eigenvalue weighted by Gasteiger charge is -2.38. The Morgan fingerprint density at radius 2 is 2.00 bits per heavy atom. The zero-order chi connectivity index (χ0) is 16.7. The van der Waals surface area contributed by atoms with E-state index in [2.05, 4.69) is 0 Å². The molecule has 1 aromatic carbocycles. The summed E-state index contributed by atoms with van der Waals surface area (Å²) < 4.78 is 0. The maximum Gasteiger partial charge on any atom is 0.232 e. The van der Waals surface area contributed by atoms with E-state index >= 15 is 0 Å². The maximum atomic E-state index is 13.0. The molecule has 0 saturated heterocycles. The molecule has 24 heavy (non-hydrogen) atoms. The molecule has 2 heterocycles. The quantitative estimate of drug-likeness (QED) is 0.804. The highest BCUT2D eigenvalue weighted by atomic mass is 32.1. The van der Waals surface area contributed by atoms with Crippen LogP contribution in [0, 0.1) is 6.92 Å². The number of Topliss-reactive ketones (excluding diaryl/α,β-unsaturated/α-hetero) is 1. The predicted octanol–water partition coefficient (Wildman–Crippen LogP) is 4.58. The Morgan fingerprint density at radius 1 is 1.12 bits per heavy atom. The van der Waals surface area contributed by atoms with Gasteiger partial charge in [0, 0.05) is 40.6 Å². The van der Waals surface area contributed by atoms with E-state index in [-0.39, 0.29) is 17.6 Å². The van der Waals surface area contributed by atoms with Crippen molar-refractivity contribution >= 4 is 28.7 Å². The second-order valence-corrected chi connectivity index (χ2v) is 7.46. The van der Waals surface area contributed by atoms with Crippen LogP contribution in [0.25, 0.3) is 0 Å². The number of carbonyl (C=O) groups excluding carboxylic acids is 2. The first-order chi connectivity index (χ1) is 11.6. The summed E-state index contributed by atoms with van der Waals surface area (Å²) in [6.45, 7) is 2.02. The second-order valence-electron chi connectivity index (χ2n) is 6.48. The molecule has 4 heteroatoms. The zero-order valence-electron chi connectivity index (χ0n) is 13.6. The summed E-state index contributed by atoms with van der Waals surface area (Å²) in [4.78, 5) is 28.6. The summed E-state index contributed by atoms with van der Waals surface area (Å²) in [7, 11) is 0. The van der Waals surface area contributed by atoms with Gasteiger partial charge < -0.3 is 0 Å². The molecule has 1 aromatic heterocycles. The Balaban J connectivity index is 1.87. The molecule has 1 unspecified atom stereocenters. The molecule has 0 fully saturated rings. The van der Waals surface area contributed by atoms with Gasteiger partial charge in [0.1, 0.15) is 0 Å². The molecule has 2 aromatic rings. The normalized spacial score (nSPS) is 21.2. The van der Waals surface area contributed by atoms with Gasteiger partial charge in [0.2, 0.25) is 5.91 Å². The van der Waals surface area contributed by atoms with Crippen LogP contribution in [0.1, 0.15) is 42.0 Å². The van der Waals surface area contributed by atoms with Crippen molar-refractivity contribution in [3.05, 3.63) is 63.5 Å². The van der Waals surface area contributed by atoms with Crippen LogP contribution in [0.15, 0.2) is 53.0 Å². The minimum atomic E-state index is -0.0682. The number of hydrogen-bond donors (Lipinski definition) is 0. The van der Waals surface area contributed by atoms with Crippen molar-refractivity contribution in [1.82, 2.24) is 0 Å². The smallest absolute Gasteiger partial charge is 0.232 e. The van der Waals surface area contributed by atoms with Gasteiger partial charge in [-0.05, 0) is 48.9 Å². The van der Waals surface area contributed by atoms with Gasteiger partial charge in [0.15, 0.2) is 5.78 Å². The number of ketones is 1. The number of amides is 1. The molecule has 0 saturated carbocycles. The molecule has 2 aliphatic rings. The van der Waals surface area contributed by atoms with E-state index in [1.807, 2.05) is 48.7 Å². The molecule has 0 radical (unpaired) electrons. The highest BCUT2D eigenvalue weighted by Crippen LogP contribution is 2.44. The van der Waals surface area contributed by atoms with E-state index in [4.69, 9.17) is 0 Å². The van der Waals surface area contributed by atoms with Crippen LogP contribution in [0.5, 0.6) is 0 Å². The fraction of sp³-hybridized carbons (Fsp3) is 0.300. The summed E-state index contributed by atoms with van der Waals surface area (Å²) >= 11 is 1.63. The number of benzene rings is 1. The standard InChI is InChI=1S/C20H19NO2S/c1-13-5-2-6-14(11-13)21-16-7-3-8-17(22)20(16)15(12-19(21)23)18-9-4-10-24-18/h2,4-6,9-11,15H,3,7-8,12H2,1H3. The van der Waals surface area contributed by atoms with E-state index in [1.54, 1.807) is 16.2 Å². The van der Waals surface area contributed by atoms with Crippen LogP contribution in [-0.2, 0) is 9.59 Å². The number of thiophene rings is 1. The molecule has 122 valence electrons. The summed E-state index contributed by atoms with van der Waals surface area (Å²) in [6.07, 6.45) is 2.59. The van der Waals surface area contributed by atoms with Crippen LogP contribution in [0.3, 0.4) is 0 Å². The van der Waals surface area contributed by atoms with Crippen LogP contribution in [-0.4, -0.2) is 11.7 Å². The van der Waals surface area contributed by atoms with Crippen LogP contribution >= 0.6 is 11.3 Å². The van der Waals surface area contributed by atoms with Gasteiger partial charge in [-0.3, -0.25) is 14.5 Å². The Morgan fingerprint density at radius 3 is 2.75 bits per heavy atom. The highest BCUT2D eigenvalue weighted by molar-refractivity contribution is 7.10. The predicted molar refractivity (Wildman–Crippen MR) is 96.2 cm³/mol. The van der Waals surface area contributed by atoms with E-state index in [0.29, 0.717) is 12.8 Å². The van der Waals surface area contributed by atoms with Gasteiger partial charge in [-0.1, -0.05) is 18.2 Å². The van der Waals surface area contributed by atoms with Gasteiger partial charge in [0.05, 0.1) is 0 Å². The molecule has 4 rings (SSSR count). The molecule has 1 aliphatic heterocycles. The Bertz CT molecular complexity index is 835. The van der Waals surface area contributed by atoms with E-state index in [1.165, 1.54) is 0 Å². The van der Waals surface area contributed by atoms with Crippen molar-refractivity contribution in [3.8, 4) is 0 Å². The maximum absolute atomic E-state index is 13.0. The second kappa shape index (κ2) is 6.02. The molecular formula is C20H19NO2S. The van der Waals surface area contributed by atoms with Crippen LogP contribution in [0.4, 0.5) is 5.69 Å². The largest absolute Gasteiger partial charge is 0.294 e. The summed E-state index contributed by atoms with van der Waals surface area (Å²) in [5.41, 5.74) is 3.79. The number of anilines is 1. The third kappa shape index (κ3) is 2.51. The average molecular weight is 337 g/mol. The lowest BCUT2D eigenvalue weighted by molar-refractivity contribution is -0.119. The van der Waals surface area contributed by atoms with Crippen molar-refractivity contribution in [1.29, 1.82) is 0 Å². The third-order valence-corrected chi connectivity index (χ3v) is 5.81. The minimum Gasteiger partial charge on any atom is -0.294 e. The van der Waals surface area contributed by atoms with E-state index < -0.39 is 0 Å². The van der Waals surface area contributed by atoms with Crippen molar-refractivity contribution < 1.29 is 9.59 Å². The number of hydrogen-bond acceptors (Lipinski definition) is 3. The molecule has 1 atom stereocenters. The molecule has 0 bridgehead atoms.